The molecule has 0 bridgehead atoms. The number of ether oxygens (including phenoxy) is 1. The van der Waals surface area contributed by atoms with Crippen LogP contribution in [0.5, 0.6) is 11.6 Å². The molecule has 0 radical (unpaired) electrons. The molecule has 3 aromatic rings. The molecule has 0 saturated heterocycles. The lowest BCUT2D eigenvalue weighted by atomic mass is 10.2. The summed E-state index contributed by atoms with van der Waals surface area (Å²) in [6.07, 6.45) is 1.36. The van der Waals surface area contributed by atoms with Crippen molar-refractivity contribution in [3.05, 3.63) is 47.4 Å². The van der Waals surface area contributed by atoms with Crippen LogP contribution in [0.25, 0.3) is 5.78 Å². The Kier molecular flexibility index (Phi) is 3.02. The van der Waals surface area contributed by atoms with Crippen molar-refractivity contribution in [1.82, 2.24) is 19.6 Å². The van der Waals surface area contributed by atoms with Gasteiger partial charge in [-0.2, -0.15) is 19.6 Å². The van der Waals surface area contributed by atoms with Crippen LogP contribution in [0.3, 0.4) is 0 Å². The zero-order valence-corrected chi connectivity index (χ0v) is 10.4. The zero-order chi connectivity index (χ0) is 13.2. The lowest BCUT2D eigenvalue weighted by molar-refractivity contribution is 0.276. The fourth-order valence-corrected chi connectivity index (χ4v) is 1.85. The van der Waals surface area contributed by atoms with Crippen LogP contribution in [0, 0.1) is 0 Å². The number of benzene rings is 1. The minimum absolute atomic E-state index is 0.116. The van der Waals surface area contributed by atoms with Crippen molar-refractivity contribution in [2.45, 2.75) is 6.61 Å². The predicted octanol–water partition coefficient (Wildman–Crippen LogP) is 2.06. The van der Waals surface area contributed by atoms with Crippen molar-refractivity contribution in [2.75, 3.05) is 0 Å². The van der Waals surface area contributed by atoms with Crippen molar-refractivity contribution in [1.29, 1.82) is 0 Å². The topological polar surface area (TPSA) is 72.5 Å². The van der Waals surface area contributed by atoms with Gasteiger partial charge in [0.05, 0.1) is 6.61 Å². The Labute approximate surface area is 113 Å². The number of aromatic nitrogens is 4. The molecule has 0 aliphatic carbocycles. The van der Waals surface area contributed by atoms with Crippen molar-refractivity contribution in [2.24, 2.45) is 0 Å². The molecule has 96 valence electrons. The number of aliphatic hydroxyl groups excluding tert-OH is 1. The molecule has 3 rings (SSSR count). The summed E-state index contributed by atoms with van der Waals surface area (Å²) in [5.74, 6) is 1.27. The highest BCUT2D eigenvalue weighted by atomic mass is 35.5. The van der Waals surface area contributed by atoms with Gasteiger partial charge in [0.25, 0.3) is 5.78 Å². The summed E-state index contributed by atoms with van der Waals surface area (Å²) in [6.45, 7) is -0.116. The van der Waals surface area contributed by atoms with Crippen molar-refractivity contribution >= 4 is 17.4 Å². The van der Waals surface area contributed by atoms with Gasteiger partial charge < -0.3 is 9.84 Å². The van der Waals surface area contributed by atoms with E-state index < -0.39 is 0 Å². The first-order valence-electron chi connectivity index (χ1n) is 5.51. The predicted molar refractivity (Wildman–Crippen MR) is 68.2 cm³/mol. The SMILES string of the molecule is OCc1ccccc1Oc1cc(Cl)nc2ncnn12. The van der Waals surface area contributed by atoms with E-state index in [-0.39, 0.29) is 11.8 Å². The van der Waals surface area contributed by atoms with Crippen LogP contribution in [0.2, 0.25) is 5.15 Å². The number of aliphatic hydroxyl groups is 1. The maximum atomic E-state index is 9.27. The summed E-state index contributed by atoms with van der Waals surface area (Å²) >= 11 is 5.90. The molecule has 0 spiro atoms. The van der Waals surface area contributed by atoms with Gasteiger partial charge in [-0.1, -0.05) is 29.8 Å². The molecule has 0 aliphatic heterocycles. The number of fused-ring (bicyclic) bond motifs is 1. The van der Waals surface area contributed by atoms with E-state index in [0.29, 0.717) is 23.0 Å². The molecule has 0 unspecified atom stereocenters. The number of para-hydroxylation sites is 1. The van der Waals surface area contributed by atoms with Crippen LogP contribution >= 0.6 is 11.6 Å². The molecule has 0 atom stereocenters. The van der Waals surface area contributed by atoms with E-state index in [1.54, 1.807) is 12.1 Å². The third-order valence-electron chi connectivity index (χ3n) is 2.55. The van der Waals surface area contributed by atoms with Gasteiger partial charge in [-0.05, 0) is 6.07 Å². The highest BCUT2D eigenvalue weighted by Crippen LogP contribution is 2.26. The lowest BCUT2D eigenvalue weighted by Gasteiger charge is -2.10. The van der Waals surface area contributed by atoms with E-state index >= 15 is 0 Å². The number of rotatable bonds is 3. The van der Waals surface area contributed by atoms with Gasteiger partial charge in [0.1, 0.15) is 17.2 Å². The Balaban J connectivity index is 2.07. The van der Waals surface area contributed by atoms with Gasteiger partial charge in [-0.3, -0.25) is 0 Å². The van der Waals surface area contributed by atoms with Crippen LogP contribution in [-0.4, -0.2) is 24.7 Å². The quantitative estimate of drug-likeness (QED) is 0.741. The molecular weight excluding hydrogens is 268 g/mol. The maximum Gasteiger partial charge on any atom is 0.256 e. The molecule has 0 amide bonds. The molecule has 1 N–H and O–H groups in total. The number of nitrogens with zero attached hydrogens (tertiary/aromatic N) is 4. The molecule has 0 aliphatic rings. The van der Waals surface area contributed by atoms with Crippen LogP contribution in [-0.2, 0) is 6.61 Å². The molecule has 2 heterocycles. The molecular formula is C12H9ClN4O2. The van der Waals surface area contributed by atoms with E-state index in [4.69, 9.17) is 16.3 Å². The monoisotopic (exact) mass is 276 g/mol. The number of halogens is 1. The van der Waals surface area contributed by atoms with Crippen molar-refractivity contribution < 1.29 is 9.84 Å². The van der Waals surface area contributed by atoms with Crippen molar-refractivity contribution in [3.8, 4) is 11.6 Å². The van der Waals surface area contributed by atoms with E-state index in [2.05, 4.69) is 15.1 Å². The summed E-state index contributed by atoms with van der Waals surface area (Å²) in [6, 6.07) is 8.70. The zero-order valence-electron chi connectivity index (χ0n) is 9.69. The second-order valence-electron chi connectivity index (χ2n) is 3.76. The average Bonchev–Trinajstić information content (AvgIpc) is 2.87. The second-order valence-corrected chi connectivity index (χ2v) is 4.14. The third kappa shape index (κ3) is 2.23. The van der Waals surface area contributed by atoms with Gasteiger partial charge in [-0.15, -0.1) is 0 Å². The summed E-state index contributed by atoms with van der Waals surface area (Å²) < 4.78 is 7.16. The molecule has 1 aromatic carbocycles. The fraction of sp³-hybridized carbons (Fsp3) is 0.0833. The van der Waals surface area contributed by atoms with Crippen LogP contribution in [0.4, 0.5) is 0 Å². The standard InChI is InChI=1S/C12H9ClN4O2/c13-10-5-11(17-12(16-10)14-7-15-17)19-9-4-2-1-3-8(9)6-18/h1-5,7,18H,6H2. The first kappa shape index (κ1) is 11.9. The molecule has 7 heteroatoms. The molecule has 6 nitrogen and oxygen atoms in total. The summed E-state index contributed by atoms with van der Waals surface area (Å²) in [5, 5.41) is 13.5. The van der Waals surface area contributed by atoms with Crippen LogP contribution in [0.1, 0.15) is 5.56 Å². The highest BCUT2D eigenvalue weighted by Gasteiger charge is 2.10. The van der Waals surface area contributed by atoms with E-state index in [1.807, 2.05) is 12.1 Å². The first-order valence-corrected chi connectivity index (χ1v) is 5.88. The third-order valence-corrected chi connectivity index (χ3v) is 2.74. The van der Waals surface area contributed by atoms with Gasteiger partial charge in [-0.25, -0.2) is 0 Å². The van der Waals surface area contributed by atoms with E-state index in [0.717, 1.165) is 0 Å². The Morgan fingerprint density at radius 3 is 3.00 bits per heavy atom. The minimum atomic E-state index is -0.116. The normalized spacial score (nSPS) is 10.8. The summed E-state index contributed by atoms with van der Waals surface area (Å²) in [5.41, 5.74) is 0.670. The molecule has 2 aromatic heterocycles. The molecule has 19 heavy (non-hydrogen) atoms. The molecule has 0 fully saturated rings. The summed E-state index contributed by atoms with van der Waals surface area (Å²) in [7, 11) is 0. The summed E-state index contributed by atoms with van der Waals surface area (Å²) in [4.78, 5) is 7.96. The van der Waals surface area contributed by atoms with Gasteiger partial charge in [0.2, 0.25) is 5.88 Å². The average molecular weight is 277 g/mol. The number of hydrogen-bond acceptors (Lipinski definition) is 5. The Hall–Kier alpha value is -2.18. The maximum absolute atomic E-state index is 9.27. The van der Waals surface area contributed by atoms with Gasteiger partial charge in [0.15, 0.2) is 0 Å². The van der Waals surface area contributed by atoms with E-state index in [9.17, 15) is 5.11 Å². The number of hydrogen-bond donors (Lipinski definition) is 1. The Morgan fingerprint density at radius 2 is 2.16 bits per heavy atom. The lowest BCUT2D eigenvalue weighted by Crippen LogP contribution is -1.99. The Bertz CT molecular complexity index is 729. The van der Waals surface area contributed by atoms with Crippen LogP contribution < -0.4 is 4.74 Å². The molecule has 0 saturated carbocycles. The first-order chi connectivity index (χ1) is 9.28. The largest absolute Gasteiger partial charge is 0.438 e. The second kappa shape index (κ2) is 4.83. The smallest absolute Gasteiger partial charge is 0.256 e. The fourth-order valence-electron chi connectivity index (χ4n) is 1.68. The van der Waals surface area contributed by atoms with Gasteiger partial charge >= 0.3 is 0 Å². The highest BCUT2D eigenvalue weighted by molar-refractivity contribution is 6.29. The van der Waals surface area contributed by atoms with Crippen molar-refractivity contribution in [3.63, 3.8) is 0 Å². The van der Waals surface area contributed by atoms with Gasteiger partial charge in [0, 0.05) is 11.6 Å². The van der Waals surface area contributed by atoms with E-state index in [1.165, 1.54) is 16.9 Å². The Morgan fingerprint density at radius 1 is 1.32 bits per heavy atom. The minimum Gasteiger partial charge on any atom is -0.438 e. The van der Waals surface area contributed by atoms with Crippen LogP contribution in [0.15, 0.2) is 36.7 Å².